The molecule has 6 rings (SSSR count). The molecule has 1 amide bonds. The van der Waals surface area contributed by atoms with Gasteiger partial charge in [0.15, 0.2) is 11.6 Å². The summed E-state index contributed by atoms with van der Waals surface area (Å²) in [5, 5.41) is 4.79. The zero-order valence-electron chi connectivity index (χ0n) is 20.8. The highest BCUT2D eigenvalue weighted by Crippen LogP contribution is 2.32. The van der Waals surface area contributed by atoms with Gasteiger partial charge >= 0.3 is 0 Å². The van der Waals surface area contributed by atoms with E-state index in [0.717, 1.165) is 52.7 Å². The first kappa shape index (κ1) is 22.4. The second kappa shape index (κ2) is 8.86. The van der Waals surface area contributed by atoms with E-state index in [9.17, 15) is 4.79 Å². The summed E-state index contributed by atoms with van der Waals surface area (Å²) < 4.78 is 1.98. The monoisotopic (exact) mass is 479 g/mol. The number of pyridine rings is 1. The minimum atomic E-state index is 0.0397. The second-order valence-corrected chi connectivity index (χ2v) is 9.85. The average molecular weight is 480 g/mol. The van der Waals surface area contributed by atoms with Gasteiger partial charge in [0.25, 0.3) is 0 Å². The summed E-state index contributed by atoms with van der Waals surface area (Å²) in [6.45, 7) is 8.90. The number of benzene rings is 1. The third-order valence-electron chi connectivity index (χ3n) is 6.94. The molecule has 5 heterocycles. The first-order valence-electron chi connectivity index (χ1n) is 12.5. The van der Waals surface area contributed by atoms with Crippen molar-refractivity contribution in [1.29, 1.82) is 0 Å². The van der Waals surface area contributed by atoms with Crippen molar-refractivity contribution in [3.63, 3.8) is 0 Å². The van der Waals surface area contributed by atoms with Crippen LogP contribution < -0.4 is 9.80 Å². The number of aryl methyl sites for hydroxylation is 1. The van der Waals surface area contributed by atoms with Gasteiger partial charge in [-0.15, -0.1) is 0 Å². The highest BCUT2D eigenvalue weighted by atomic mass is 16.2. The fourth-order valence-electron chi connectivity index (χ4n) is 4.84. The Morgan fingerprint density at radius 1 is 1.06 bits per heavy atom. The molecule has 3 aromatic heterocycles. The van der Waals surface area contributed by atoms with E-state index in [1.54, 1.807) is 17.3 Å². The lowest BCUT2D eigenvalue weighted by molar-refractivity contribution is -0.117. The fraction of sp³-hybridized carbons (Fsp3) is 0.321. The van der Waals surface area contributed by atoms with E-state index >= 15 is 0 Å². The minimum Gasteiger partial charge on any atom is -0.355 e. The van der Waals surface area contributed by atoms with Crippen LogP contribution in [0.4, 0.5) is 11.6 Å². The molecule has 2 aliphatic heterocycles. The van der Waals surface area contributed by atoms with Crippen LogP contribution >= 0.6 is 0 Å². The average Bonchev–Trinajstić information content (AvgIpc) is 3.37. The first-order valence-corrected chi connectivity index (χ1v) is 12.5. The van der Waals surface area contributed by atoms with E-state index in [-0.39, 0.29) is 11.8 Å². The van der Waals surface area contributed by atoms with Crippen molar-refractivity contribution in [3.8, 4) is 17.1 Å². The van der Waals surface area contributed by atoms with Crippen LogP contribution in [0.15, 0.2) is 54.9 Å². The number of carbonyl (C=O) groups is 1. The van der Waals surface area contributed by atoms with Gasteiger partial charge in [0.05, 0.1) is 24.3 Å². The van der Waals surface area contributed by atoms with Crippen LogP contribution in [0, 0.1) is 6.92 Å². The Morgan fingerprint density at radius 3 is 2.58 bits per heavy atom. The van der Waals surface area contributed by atoms with Gasteiger partial charge in [-0.1, -0.05) is 26.0 Å². The molecule has 0 spiro atoms. The maximum atomic E-state index is 12.9. The van der Waals surface area contributed by atoms with Crippen LogP contribution in [-0.2, 0) is 17.8 Å². The molecule has 8 heteroatoms. The zero-order chi connectivity index (χ0) is 24.8. The van der Waals surface area contributed by atoms with Gasteiger partial charge in [0.1, 0.15) is 5.82 Å². The lowest BCUT2D eigenvalue weighted by atomic mass is 10.0. The van der Waals surface area contributed by atoms with Crippen LogP contribution in [0.1, 0.15) is 48.7 Å². The predicted molar refractivity (Wildman–Crippen MR) is 139 cm³/mol. The van der Waals surface area contributed by atoms with Crippen LogP contribution in [-0.4, -0.2) is 43.7 Å². The molecule has 4 aromatic rings. The summed E-state index contributed by atoms with van der Waals surface area (Å²) in [7, 11) is 0. The molecule has 0 aliphatic carbocycles. The van der Waals surface area contributed by atoms with E-state index in [2.05, 4.69) is 66.0 Å². The normalized spacial score (nSPS) is 14.9. The summed E-state index contributed by atoms with van der Waals surface area (Å²) in [4.78, 5) is 30.9. The Labute approximate surface area is 210 Å². The van der Waals surface area contributed by atoms with Gasteiger partial charge in [0, 0.05) is 48.4 Å². The number of carbonyl (C=O) groups excluding carboxylic acids is 1. The lowest BCUT2D eigenvalue weighted by Gasteiger charge is -2.30. The molecule has 0 N–H and O–H groups in total. The molecule has 0 radical (unpaired) electrons. The molecule has 0 saturated carbocycles. The molecule has 36 heavy (non-hydrogen) atoms. The van der Waals surface area contributed by atoms with Crippen molar-refractivity contribution in [3.05, 3.63) is 77.4 Å². The Balaban J connectivity index is 1.26. The Hall–Kier alpha value is -4.07. The number of amides is 1. The standard InChI is InChI=1S/C28H29N7O/c1-18(2)26-23(6-4-11-29-26)27-30-16-21-15-25(36)34(28(21)31-27)17-20-7-9-22(10-8-20)35-19(3)14-24(32-35)33-12-5-13-33/h4,6-11,14,16,18H,5,12-13,15,17H2,1-3H3. The van der Waals surface area contributed by atoms with Gasteiger partial charge in [0.2, 0.25) is 5.91 Å². The van der Waals surface area contributed by atoms with Crippen molar-refractivity contribution in [1.82, 2.24) is 24.7 Å². The summed E-state index contributed by atoms with van der Waals surface area (Å²) >= 11 is 0. The first-order chi connectivity index (χ1) is 17.5. The van der Waals surface area contributed by atoms with Crippen molar-refractivity contribution in [2.45, 2.75) is 46.1 Å². The van der Waals surface area contributed by atoms with E-state index in [4.69, 9.17) is 10.1 Å². The molecule has 1 saturated heterocycles. The number of nitrogens with zero attached hydrogens (tertiary/aromatic N) is 7. The molecule has 0 atom stereocenters. The number of hydrogen-bond donors (Lipinski definition) is 0. The van der Waals surface area contributed by atoms with E-state index in [1.807, 2.05) is 16.8 Å². The summed E-state index contributed by atoms with van der Waals surface area (Å²) in [6, 6.07) is 14.3. The summed E-state index contributed by atoms with van der Waals surface area (Å²) in [5.74, 6) is 2.61. The Morgan fingerprint density at radius 2 is 1.86 bits per heavy atom. The molecule has 1 fully saturated rings. The molecule has 2 aliphatic rings. The number of rotatable bonds is 6. The molecule has 0 bridgehead atoms. The Kier molecular flexibility index (Phi) is 5.51. The molecular weight excluding hydrogens is 450 g/mol. The quantitative estimate of drug-likeness (QED) is 0.406. The number of fused-ring (bicyclic) bond motifs is 1. The topological polar surface area (TPSA) is 80.0 Å². The maximum absolute atomic E-state index is 12.9. The van der Waals surface area contributed by atoms with Crippen molar-refractivity contribution < 1.29 is 4.79 Å². The van der Waals surface area contributed by atoms with E-state index < -0.39 is 0 Å². The van der Waals surface area contributed by atoms with Gasteiger partial charge in [-0.05, 0) is 49.1 Å². The molecule has 182 valence electrons. The largest absolute Gasteiger partial charge is 0.355 e. The third kappa shape index (κ3) is 3.92. The van der Waals surface area contributed by atoms with Gasteiger partial charge in [-0.25, -0.2) is 14.6 Å². The molecule has 1 aromatic carbocycles. The fourth-order valence-corrected chi connectivity index (χ4v) is 4.84. The van der Waals surface area contributed by atoms with Gasteiger partial charge in [-0.3, -0.25) is 14.7 Å². The Bertz CT molecular complexity index is 1440. The van der Waals surface area contributed by atoms with Crippen LogP contribution in [0.5, 0.6) is 0 Å². The highest BCUT2D eigenvalue weighted by molar-refractivity contribution is 6.00. The van der Waals surface area contributed by atoms with Crippen LogP contribution in [0.25, 0.3) is 17.1 Å². The van der Waals surface area contributed by atoms with Crippen LogP contribution in [0.3, 0.4) is 0 Å². The molecular formula is C28H29N7O. The minimum absolute atomic E-state index is 0.0397. The third-order valence-corrected chi connectivity index (χ3v) is 6.94. The van der Waals surface area contributed by atoms with E-state index in [0.29, 0.717) is 24.6 Å². The number of aromatic nitrogens is 5. The van der Waals surface area contributed by atoms with Gasteiger partial charge < -0.3 is 4.90 Å². The summed E-state index contributed by atoms with van der Waals surface area (Å²) in [5.41, 5.74) is 5.88. The molecule has 8 nitrogen and oxygen atoms in total. The van der Waals surface area contributed by atoms with E-state index in [1.165, 1.54) is 6.42 Å². The SMILES string of the molecule is Cc1cc(N2CCC2)nn1-c1ccc(CN2C(=O)Cc3cnc(-c4cccnc4C(C)C)nc32)cc1. The lowest BCUT2D eigenvalue weighted by Crippen LogP contribution is -2.37. The smallest absolute Gasteiger partial charge is 0.233 e. The molecule has 0 unspecified atom stereocenters. The number of anilines is 2. The second-order valence-electron chi connectivity index (χ2n) is 9.85. The maximum Gasteiger partial charge on any atom is 0.233 e. The van der Waals surface area contributed by atoms with Crippen molar-refractivity contribution in [2.75, 3.05) is 22.9 Å². The zero-order valence-corrected chi connectivity index (χ0v) is 20.8. The summed E-state index contributed by atoms with van der Waals surface area (Å²) in [6.07, 6.45) is 5.13. The number of hydrogen-bond acceptors (Lipinski definition) is 6. The van der Waals surface area contributed by atoms with Crippen molar-refractivity contribution in [2.24, 2.45) is 0 Å². The van der Waals surface area contributed by atoms with Crippen LogP contribution in [0.2, 0.25) is 0 Å². The van der Waals surface area contributed by atoms with Gasteiger partial charge in [-0.2, -0.15) is 5.10 Å². The highest BCUT2D eigenvalue weighted by Gasteiger charge is 2.30. The predicted octanol–water partition coefficient (Wildman–Crippen LogP) is 4.46. The van der Waals surface area contributed by atoms with Crippen molar-refractivity contribution >= 4 is 17.5 Å².